The lowest BCUT2D eigenvalue weighted by molar-refractivity contribution is 0.0851. The Morgan fingerprint density at radius 1 is 1.26 bits per heavy atom. The Bertz CT molecular complexity index is 869. The van der Waals surface area contributed by atoms with E-state index in [0.717, 1.165) is 49.5 Å². The number of fused-ring (bicyclic) bond motifs is 4. The van der Waals surface area contributed by atoms with Crippen LogP contribution in [-0.2, 0) is 11.2 Å². The number of carbonyl (C=O) groups is 1. The summed E-state index contributed by atoms with van der Waals surface area (Å²) in [4.78, 5) is 18.5. The van der Waals surface area contributed by atoms with Crippen molar-refractivity contribution in [3.63, 3.8) is 0 Å². The maximum Gasteiger partial charge on any atom is 0.324 e. The van der Waals surface area contributed by atoms with Gasteiger partial charge in [-0.3, -0.25) is 5.32 Å². The summed E-state index contributed by atoms with van der Waals surface area (Å²) >= 11 is 1.44. The summed E-state index contributed by atoms with van der Waals surface area (Å²) in [7, 11) is 0. The van der Waals surface area contributed by atoms with Gasteiger partial charge in [0.2, 0.25) is 11.1 Å². The van der Waals surface area contributed by atoms with Gasteiger partial charge in [0.05, 0.1) is 6.04 Å². The second-order valence-electron chi connectivity index (χ2n) is 7.29. The molecule has 0 saturated carbocycles. The van der Waals surface area contributed by atoms with Crippen molar-refractivity contribution in [3.05, 3.63) is 34.3 Å². The molecule has 0 aliphatic carbocycles. The molecule has 0 aromatic carbocycles. The van der Waals surface area contributed by atoms with Crippen LogP contribution in [0.3, 0.4) is 0 Å². The predicted molar refractivity (Wildman–Crippen MR) is 97.2 cm³/mol. The number of ether oxygens (including phenoxy) is 1. The third kappa shape index (κ3) is 2.98. The fourth-order valence-electron chi connectivity index (χ4n) is 4.48. The first-order chi connectivity index (χ1) is 13.2. The number of urea groups is 1. The molecule has 0 radical (unpaired) electrons. The van der Waals surface area contributed by atoms with Crippen molar-refractivity contribution >= 4 is 22.5 Å². The van der Waals surface area contributed by atoms with Crippen molar-refractivity contribution in [1.29, 1.82) is 0 Å². The SMILES string of the molecule is O=C(Nc1nnc(C2CCOCC2)s1)N1[C@H]2CC[C@@H]1c1ccnc(F)c1C2. The van der Waals surface area contributed by atoms with E-state index < -0.39 is 5.95 Å². The lowest BCUT2D eigenvalue weighted by atomic mass is 9.95. The minimum absolute atomic E-state index is 0.00378. The Kier molecular flexibility index (Phi) is 4.28. The lowest BCUT2D eigenvalue weighted by Crippen LogP contribution is -2.44. The summed E-state index contributed by atoms with van der Waals surface area (Å²) in [5, 5.41) is 12.8. The number of halogens is 1. The average molecular weight is 389 g/mol. The number of hydrogen-bond donors (Lipinski definition) is 1. The van der Waals surface area contributed by atoms with Gasteiger partial charge in [-0.15, -0.1) is 10.2 Å². The molecule has 142 valence electrons. The van der Waals surface area contributed by atoms with Gasteiger partial charge in [-0.05, 0) is 43.7 Å². The van der Waals surface area contributed by atoms with Gasteiger partial charge in [-0.1, -0.05) is 11.3 Å². The van der Waals surface area contributed by atoms with Gasteiger partial charge >= 0.3 is 6.03 Å². The van der Waals surface area contributed by atoms with Crippen LogP contribution in [0.1, 0.15) is 53.8 Å². The lowest BCUT2D eigenvalue weighted by Gasteiger charge is -2.35. The number of rotatable bonds is 2. The van der Waals surface area contributed by atoms with Crippen LogP contribution in [0.5, 0.6) is 0 Å². The third-order valence-electron chi connectivity index (χ3n) is 5.80. The Labute approximate surface area is 160 Å². The number of anilines is 1. The molecule has 27 heavy (non-hydrogen) atoms. The van der Waals surface area contributed by atoms with Gasteiger partial charge < -0.3 is 9.64 Å². The van der Waals surface area contributed by atoms with Gasteiger partial charge in [0.25, 0.3) is 0 Å². The first-order valence-corrected chi connectivity index (χ1v) is 10.2. The molecule has 2 amide bonds. The summed E-state index contributed by atoms with van der Waals surface area (Å²) in [6.45, 7) is 1.49. The van der Waals surface area contributed by atoms with Crippen LogP contribution < -0.4 is 5.32 Å². The molecule has 2 bridgehead atoms. The quantitative estimate of drug-likeness (QED) is 0.798. The van der Waals surface area contributed by atoms with Gasteiger partial charge in [-0.2, -0.15) is 4.39 Å². The van der Waals surface area contributed by atoms with Crippen molar-refractivity contribution < 1.29 is 13.9 Å². The zero-order valence-corrected chi connectivity index (χ0v) is 15.5. The van der Waals surface area contributed by atoms with E-state index in [0.29, 0.717) is 23.0 Å². The van der Waals surface area contributed by atoms with E-state index in [-0.39, 0.29) is 18.1 Å². The minimum atomic E-state index is -0.408. The molecule has 7 nitrogen and oxygen atoms in total. The Morgan fingerprint density at radius 3 is 2.96 bits per heavy atom. The topological polar surface area (TPSA) is 80.2 Å². The Balaban J connectivity index is 1.33. The van der Waals surface area contributed by atoms with Gasteiger partial charge in [-0.25, -0.2) is 9.78 Å². The first-order valence-electron chi connectivity index (χ1n) is 9.34. The van der Waals surface area contributed by atoms with Gasteiger partial charge in [0, 0.05) is 36.9 Å². The van der Waals surface area contributed by atoms with E-state index in [4.69, 9.17) is 4.74 Å². The van der Waals surface area contributed by atoms with Crippen LogP contribution >= 0.6 is 11.3 Å². The number of aromatic nitrogens is 3. The number of carbonyl (C=O) groups excluding carboxylic acids is 1. The van der Waals surface area contributed by atoms with Crippen molar-refractivity contribution in [2.24, 2.45) is 0 Å². The van der Waals surface area contributed by atoms with Crippen LogP contribution in [-0.4, -0.2) is 45.4 Å². The highest BCUT2D eigenvalue weighted by Crippen LogP contribution is 2.44. The summed E-state index contributed by atoms with van der Waals surface area (Å²) in [6.07, 6.45) is 5.59. The van der Waals surface area contributed by atoms with E-state index in [1.807, 2.05) is 11.0 Å². The van der Waals surface area contributed by atoms with E-state index in [2.05, 4.69) is 20.5 Å². The summed E-state index contributed by atoms with van der Waals surface area (Å²) in [6, 6.07) is 1.56. The summed E-state index contributed by atoms with van der Waals surface area (Å²) in [5.41, 5.74) is 1.54. The maximum atomic E-state index is 14.0. The summed E-state index contributed by atoms with van der Waals surface area (Å²) in [5.74, 6) is -0.0508. The highest BCUT2D eigenvalue weighted by atomic mass is 32.1. The molecule has 5 heterocycles. The Hall–Kier alpha value is -2.13. The second kappa shape index (κ2) is 6.79. The maximum absolute atomic E-state index is 14.0. The molecule has 0 unspecified atom stereocenters. The highest BCUT2D eigenvalue weighted by molar-refractivity contribution is 7.15. The van der Waals surface area contributed by atoms with Crippen LogP contribution in [0.15, 0.2) is 12.3 Å². The second-order valence-corrected chi connectivity index (χ2v) is 8.30. The van der Waals surface area contributed by atoms with Gasteiger partial charge in [0.15, 0.2) is 0 Å². The van der Waals surface area contributed by atoms with E-state index in [1.54, 1.807) is 0 Å². The molecule has 2 saturated heterocycles. The average Bonchev–Trinajstić information content (AvgIpc) is 3.27. The number of pyridine rings is 1. The predicted octanol–water partition coefficient (Wildman–Crippen LogP) is 3.26. The molecule has 1 N–H and O–H groups in total. The zero-order chi connectivity index (χ0) is 18.4. The highest BCUT2D eigenvalue weighted by Gasteiger charge is 2.43. The number of hydrogen-bond acceptors (Lipinski definition) is 6. The molecule has 2 atom stereocenters. The molecule has 9 heteroatoms. The third-order valence-corrected chi connectivity index (χ3v) is 6.80. The van der Waals surface area contributed by atoms with Crippen molar-refractivity contribution in [3.8, 4) is 0 Å². The van der Waals surface area contributed by atoms with E-state index in [9.17, 15) is 9.18 Å². The molecule has 3 aliphatic heterocycles. The molecule has 0 spiro atoms. The first kappa shape index (κ1) is 17.0. The standard InChI is InChI=1S/C18H20FN5O2S/c19-15-13-9-11-1-2-14(12(13)3-6-20-15)24(11)18(25)21-17-23-22-16(27-17)10-4-7-26-8-5-10/h3,6,10-11,14H,1-2,4-5,7-9H2,(H,21,23,25)/t11-,14+/m0/s1. The molecule has 5 rings (SSSR count). The fourth-order valence-corrected chi connectivity index (χ4v) is 5.38. The largest absolute Gasteiger partial charge is 0.381 e. The molecule has 2 aromatic heterocycles. The molecular formula is C18H20FN5O2S. The van der Waals surface area contributed by atoms with Crippen LogP contribution in [0.25, 0.3) is 0 Å². The molecular weight excluding hydrogens is 369 g/mol. The summed E-state index contributed by atoms with van der Waals surface area (Å²) < 4.78 is 19.4. The van der Waals surface area contributed by atoms with Crippen molar-refractivity contribution in [1.82, 2.24) is 20.1 Å². The van der Waals surface area contributed by atoms with Crippen LogP contribution in [0.2, 0.25) is 0 Å². The molecule has 2 aromatic rings. The fraction of sp³-hybridized carbons (Fsp3) is 0.556. The zero-order valence-electron chi connectivity index (χ0n) is 14.7. The van der Waals surface area contributed by atoms with Crippen molar-refractivity contribution in [2.45, 2.75) is 50.1 Å². The van der Waals surface area contributed by atoms with Crippen LogP contribution in [0.4, 0.5) is 14.3 Å². The number of nitrogens with one attached hydrogen (secondary N) is 1. The van der Waals surface area contributed by atoms with Gasteiger partial charge in [0.1, 0.15) is 5.01 Å². The van der Waals surface area contributed by atoms with E-state index >= 15 is 0 Å². The normalized spacial score (nSPS) is 24.7. The minimum Gasteiger partial charge on any atom is -0.381 e. The molecule has 3 aliphatic rings. The smallest absolute Gasteiger partial charge is 0.324 e. The Morgan fingerprint density at radius 2 is 2.11 bits per heavy atom. The van der Waals surface area contributed by atoms with E-state index in [1.165, 1.54) is 17.5 Å². The number of amides is 2. The molecule has 2 fully saturated rings. The van der Waals surface area contributed by atoms with Crippen molar-refractivity contribution in [2.75, 3.05) is 18.5 Å². The monoisotopic (exact) mass is 389 g/mol. The number of nitrogens with zero attached hydrogens (tertiary/aromatic N) is 4. The van der Waals surface area contributed by atoms with Crippen LogP contribution in [0, 0.1) is 5.95 Å².